The highest BCUT2D eigenvalue weighted by molar-refractivity contribution is 6.30. The molecular weight excluding hydrogens is 484 g/mol. The van der Waals surface area contributed by atoms with Gasteiger partial charge >= 0.3 is 17.9 Å². The number of rotatable bonds is 10. The van der Waals surface area contributed by atoms with Crippen molar-refractivity contribution in [3.8, 4) is 0 Å². The first-order valence-electron chi connectivity index (χ1n) is 11.5. The number of hydrogen-bond acceptors (Lipinski definition) is 5. The second kappa shape index (κ2) is 14.7. The van der Waals surface area contributed by atoms with E-state index in [9.17, 15) is 14.4 Å². The third kappa shape index (κ3) is 9.93. The second-order valence-electron chi connectivity index (χ2n) is 8.27. The third-order valence-electron chi connectivity index (χ3n) is 5.50. The topological polar surface area (TPSA) is 118 Å². The lowest BCUT2D eigenvalue weighted by Crippen LogP contribution is -2.23. The minimum Gasteiger partial charge on any atom is -0.478 e. The van der Waals surface area contributed by atoms with Gasteiger partial charge in [-0.3, -0.25) is 0 Å². The van der Waals surface area contributed by atoms with Crippen LogP contribution in [0.15, 0.2) is 66.8 Å². The van der Waals surface area contributed by atoms with E-state index in [4.69, 9.17) is 26.9 Å². The van der Waals surface area contributed by atoms with Crippen molar-refractivity contribution in [1.82, 2.24) is 4.90 Å². The number of benzene rings is 2. The summed E-state index contributed by atoms with van der Waals surface area (Å²) in [6, 6.07) is 14.9. The summed E-state index contributed by atoms with van der Waals surface area (Å²) >= 11 is 6.31. The van der Waals surface area contributed by atoms with Gasteiger partial charge in [-0.05, 0) is 68.6 Å². The van der Waals surface area contributed by atoms with Crippen LogP contribution in [0.2, 0.25) is 5.02 Å². The van der Waals surface area contributed by atoms with Gasteiger partial charge in [-0.1, -0.05) is 41.9 Å². The molecule has 192 valence electrons. The maximum absolute atomic E-state index is 10.5. The van der Waals surface area contributed by atoms with E-state index in [1.54, 1.807) is 6.08 Å². The number of unbranched alkanes of at least 4 members (excludes halogenated alkanes) is 1. The van der Waals surface area contributed by atoms with E-state index in [1.807, 2.05) is 13.1 Å². The molecule has 1 heterocycles. The minimum absolute atomic E-state index is 0.558. The maximum atomic E-state index is 10.5. The zero-order valence-electron chi connectivity index (χ0n) is 20.1. The first kappa shape index (κ1) is 28.6. The summed E-state index contributed by atoms with van der Waals surface area (Å²) in [7, 11) is 2.02. The Hall–Kier alpha value is -3.62. The molecule has 0 amide bonds. The molecule has 0 unspecified atom stereocenters. The monoisotopic (exact) mass is 514 g/mol. The molecule has 3 rings (SSSR count). The standard InChI is InChI=1S/C23H27ClN2O2.C4H4O4/c1-25(15-6-9-23(27)28)14-4-5-16-26-21-8-3-2-7-18(21)10-11-19-12-13-20(24)17-22(19)26;5-3(6)1-2-4(7)8/h2-3,6-9,12-13,17H,4-5,10-11,14-16H2,1H3,(H,27,28);1-2H,(H,5,6)(H,7,8)/b9-6+;2-1-. The van der Waals surface area contributed by atoms with Crippen LogP contribution in [-0.2, 0) is 27.2 Å². The largest absolute Gasteiger partial charge is 0.478 e. The number of aliphatic carboxylic acids is 3. The fourth-order valence-electron chi connectivity index (χ4n) is 3.84. The lowest BCUT2D eigenvalue weighted by Gasteiger charge is -2.27. The van der Waals surface area contributed by atoms with Crippen molar-refractivity contribution in [3.63, 3.8) is 0 Å². The summed E-state index contributed by atoms with van der Waals surface area (Å²) in [6.45, 7) is 2.52. The Bertz CT molecular complexity index is 1100. The summed E-state index contributed by atoms with van der Waals surface area (Å²) in [5.41, 5.74) is 5.22. The van der Waals surface area contributed by atoms with Crippen LogP contribution >= 0.6 is 11.6 Å². The van der Waals surface area contributed by atoms with Crippen molar-refractivity contribution in [2.75, 3.05) is 31.6 Å². The number of carbonyl (C=O) groups is 3. The number of halogens is 1. The highest BCUT2D eigenvalue weighted by atomic mass is 35.5. The zero-order chi connectivity index (χ0) is 26.5. The number of hydrogen-bond donors (Lipinski definition) is 3. The van der Waals surface area contributed by atoms with Crippen LogP contribution in [0.5, 0.6) is 0 Å². The van der Waals surface area contributed by atoms with Gasteiger partial charge in [0.15, 0.2) is 0 Å². The number of nitrogens with zero attached hydrogens (tertiary/aromatic N) is 2. The smallest absolute Gasteiger partial charge is 0.328 e. The number of carboxylic acid groups (broad SMARTS) is 3. The molecule has 0 spiro atoms. The van der Waals surface area contributed by atoms with Crippen LogP contribution in [0.1, 0.15) is 24.0 Å². The Labute approximate surface area is 215 Å². The number of carboxylic acids is 3. The summed E-state index contributed by atoms with van der Waals surface area (Å²) in [5, 5.41) is 25.1. The Morgan fingerprint density at radius 3 is 2.14 bits per heavy atom. The quantitative estimate of drug-likeness (QED) is 0.310. The number of likely N-dealkylation sites (N-methyl/N-ethyl adjacent to an activating group) is 1. The van der Waals surface area contributed by atoms with Gasteiger partial charge in [-0.25, -0.2) is 14.4 Å². The molecule has 9 heteroatoms. The Morgan fingerprint density at radius 1 is 0.889 bits per heavy atom. The van der Waals surface area contributed by atoms with Crippen LogP contribution in [-0.4, -0.2) is 64.8 Å². The average molecular weight is 515 g/mol. The van der Waals surface area contributed by atoms with Gasteiger partial charge in [0.2, 0.25) is 0 Å². The molecule has 1 aliphatic rings. The highest BCUT2D eigenvalue weighted by Crippen LogP contribution is 2.37. The Balaban J connectivity index is 0.000000493. The minimum atomic E-state index is -1.26. The lowest BCUT2D eigenvalue weighted by atomic mass is 10.0. The molecule has 1 aliphatic heterocycles. The fourth-order valence-corrected chi connectivity index (χ4v) is 4.01. The van der Waals surface area contributed by atoms with Crippen molar-refractivity contribution in [1.29, 1.82) is 0 Å². The van der Waals surface area contributed by atoms with Crippen molar-refractivity contribution in [2.45, 2.75) is 25.7 Å². The molecular formula is C27H31ClN2O6. The molecule has 3 N–H and O–H groups in total. The van der Waals surface area contributed by atoms with E-state index in [2.05, 4.69) is 46.2 Å². The molecule has 0 radical (unpaired) electrons. The molecule has 0 aromatic heterocycles. The zero-order valence-corrected chi connectivity index (χ0v) is 20.9. The molecule has 36 heavy (non-hydrogen) atoms. The molecule has 2 aromatic rings. The van der Waals surface area contributed by atoms with Crippen molar-refractivity contribution in [3.05, 3.63) is 82.9 Å². The van der Waals surface area contributed by atoms with Crippen molar-refractivity contribution in [2.24, 2.45) is 0 Å². The predicted molar refractivity (Wildman–Crippen MR) is 140 cm³/mol. The second-order valence-corrected chi connectivity index (χ2v) is 8.71. The molecule has 8 nitrogen and oxygen atoms in total. The van der Waals surface area contributed by atoms with Gasteiger partial charge in [0.1, 0.15) is 0 Å². The molecule has 0 bridgehead atoms. The van der Waals surface area contributed by atoms with Gasteiger partial charge in [0.05, 0.1) is 0 Å². The van der Waals surface area contributed by atoms with E-state index >= 15 is 0 Å². The molecule has 0 saturated heterocycles. The van der Waals surface area contributed by atoms with E-state index in [-0.39, 0.29) is 0 Å². The number of para-hydroxylation sites is 1. The first-order chi connectivity index (χ1) is 17.2. The van der Waals surface area contributed by atoms with E-state index in [0.717, 1.165) is 43.8 Å². The summed E-state index contributed by atoms with van der Waals surface area (Å²) < 4.78 is 0. The van der Waals surface area contributed by atoms with Gasteiger partial charge in [-0.2, -0.15) is 0 Å². The van der Waals surface area contributed by atoms with E-state index in [0.29, 0.717) is 18.7 Å². The van der Waals surface area contributed by atoms with Gasteiger partial charge in [-0.15, -0.1) is 0 Å². The molecule has 0 atom stereocenters. The summed E-state index contributed by atoms with van der Waals surface area (Å²) in [4.78, 5) is 34.2. The predicted octanol–water partition coefficient (Wildman–Crippen LogP) is 4.64. The lowest BCUT2D eigenvalue weighted by molar-refractivity contribution is -0.134. The van der Waals surface area contributed by atoms with Crippen LogP contribution in [0.3, 0.4) is 0 Å². The number of aryl methyl sites for hydroxylation is 2. The van der Waals surface area contributed by atoms with Crippen LogP contribution in [0.25, 0.3) is 0 Å². The van der Waals surface area contributed by atoms with Crippen LogP contribution in [0, 0.1) is 0 Å². The summed E-state index contributed by atoms with van der Waals surface area (Å²) in [5.74, 6) is -3.41. The SMILES string of the molecule is CN(C/C=C/C(=O)O)CCCCN1c2ccccc2CCc2ccc(Cl)cc21.O=C(O)/C=C\C(=O)O. The van der Waals surface area contributed by atoms with Gasteiger partial charge in [0, 0.05) is 47.7 Å². The fraction of sp³-hybridized carbons (Fsp3) is 0.296. The molecule has 0 fully saturated rings. The van der Waals surface area contributed by atoms with Gasteiger partial charge in [0.25, 0.3) is 0 Å². The molecule has 2 aromatic carbocycles. The third-order valence-corrected chi connectivity index (χ3v) is 5.74. The highest BCUT2D eigenvalue weighted by Gasteiger charge is 2.20. The molecule has 0 saturated carbocycles. The Morgan fingerprint density at radius 2 is 1.50 bits per heavy atom. The van der Waals surface area contributed by atoms with E-state index < -0.39 is 17.9 Å². The molecule has 0 aliphatic carbocycles. The van der Waals surface area contributed by atoms with Crippen LogP contribution < -0.4 is 4.90 Å². The first-order valence-corrected chi connectivity index (χ1v) is 11.9. The van der Waals surface area contributed by atoms with Crippen molar-refractivity contribution < 1.29 is 29.7 Å². The van der Waals surface area contributed by atoms with Crippen LogP contribution in [0.4, 0.5) is 11.4 Å². The summed E-state index contributed by atoms with van der Waals surface area (Å²) in [6.07, 6.45) is 8.17. The Kier molecular flexibility index (Phi) is 11.7. The maximum Gasteiger partial charge on any atom is 0.328 e. The number of fused-ring (bicyclic) bond motifs is 2. The normalized spacial score (nSPS) is 12.6. The van der Waals surface area contributed by atoms with Crippen molar-refractivity contribution >= 4 is 40.9 Å². The average Bonchev–Trinajstić information content (AvgIpc) is 2.97. The number of anilines is 2. The van der Waals surface area contributed by atoms with Gasteiger partial charge < -0.3 is 25.1 Å². The van der Waals surface area contributed by atoms with E-state index in [1.165, 1.54) is 28.6 Å².